The van der Waals surface area contributed by atoms with Crippen LogP contribution in [0.15, 0.2) is 30.3 Å². The number of unbranched alkanes of at least 4 members (excludes halogenated alkanes) is 2. The number of carbonyl (C=O) groups excluding carboxylic acids is 3. The Balaban J connectivity index is 2.31. The quantitative estimate of drug-likeness (QED) is 0.271. The Morgan fingerprint density at radius 1 is 1.00 bits per heavy atom. The van der Waals surface area contributed by atoms with E-state index in [1.807, 2.05) is 6.92 Å². The molecule has 0 aromatic heterocycles. The molecule has 1 aromatic rings. The number of hydrogen-bond donors (Lipinski definition) is 0. The van der Waals surface area contributed by atoms with Crippen LogP contribution in [0.5, 0.6) is 5.75 Å². The molecule has 108 valence electrons. The Labute approximate surface area is 116 Å². The van der Waals surface area contributed by atoms with Crippen LogP contribution in [0.4, 0.5) is 4.79 Å². The van der Waals surface area contributed by atoms with E-state index in [4.69, 9.17) is 4.74 Å². The number of rotatable bonds is 5. The van der Waals surface area contributed by atoms with Crippen molar-refractivity contribution >= 4 is 18.1 Å². The first-order chi connectivity index (χ1) is 9.63. The zero-order chi connectivity index (χ0) is 14.8. The van der Waals surface area contributed by atoms with Gasteiger partial charge in [0.05, 0.1) is 6.61 Å². The summed E-state index contributed by atoms with van der Waals surface area (Å²) < 4.78 is 13.5. The van der Waals surface area contributed by atoms with Gasteiger partial charge in [0.25, 0.3) is 0 Å². The van der Waals surface area contributed by atoms with Crippen LogP contribution in [0.25, 0.3) is 0 Å². The fourth-order valence-corrected chi connectivity index (χ4v) is 1.29. The van der Waals surface area contributed by atoms with Crippen LogP contribution in [0.2, 0.25) is 0 Å². The van der Waals surface area contributed by atoms with Gasteiger partial charge in [-0.1, -0.05) is 38.0 Å². The van der Waals surface area contributed by atoms with Gasteiger partial charge >= 0.3 is 18.1 Å². The van der Waals surface area contributed by atoms with Crippen LogP contribution in [0, 0.1) is 0 Å². The van der Waals surface area contributed by atoms with Crippen molar-refractivity contribution in [2.24, 2.45) is 0 Å². The Morgan fingerprint density at radius 3 is 2.35 bits per heavy atom. The number of benzene rings is 1. The van der Waals surface area contributed by atoms with Gasteiger partial charge in [0.2, 0.25) is 0 Å². The van der Waals surface area contributed by atoms with Crippen molar-refractivity contribution in [2.75, 3.05) is 6.61 Å². The topological polar surface area (TPSA) is 78.9 Å². The van der Waals surface area contributed by atoms with Crippen molar-refractivity contribution in [2.45, 2.75) is 26.2 Å². The minimum absolute atomic E-state index is 0.147. The highest BCUT2D eigenvalue weighted by Gasteiger charge is 2.22. The van der Waals surface area contributed by atoms with Gasteiger partial charge in [-0.05, 0) is 18.6 Å². The predicted molar refractivity (Wildman–Crippen MR) is 69.0 cm³/mol. The van der Waals surface area contributed by atoms with Crippen molar-refractivity contribution in [1.82, 2.24) is 0 Å². The molecule has 0 aliphatic rings. The summed E-state index contributed by atoms with van der Waals surface area (Å²) in [6.45, 7) is 2.15. The normalized spacial score (nSPS) is 9.65. The van der Waals surface area contributed by atoms with Crippen molar-refractivity contribution in [3.8, 4) is 5.75 Å². The molecular formula is C14H16O6. The highest BCUT2D eigenvalue weighted by atomic mass is 16.7. The molecule has 0 atom stereocenters. The van der Waals surface area contributed by atoms with Crippen LogP contribution in [-0.4, -0.2) is 24.7 Å². The Bertz CT molecular complexity index is 454. The average Bonchev–Trinajstić information content (AvgIpc) is 2.44. The summed E-state index contributed by atoms with van der Waals surface area (Å²) in [6.07, 6.45) is 1.35. The zero-order valence-electron chi connectivity index (χ0n) is 11.2. The van der Waals surface area contributed by atoms with E-state index in [9.17, 15) is 14.4 Å². The second kappa shape index (κ2) is 8.68. The zero-order valence-corrected chi connectivity index (χ0v) is 11.2. The number of carbonyl (C=O) groups is 3. The van der Waals surface area contributed by atoms with E-state index in [0.717, 1.165) is 12.8 Å². The van der Waals surface area contributed by atoms with Gasteiger partial charge in [-0.2, -0.15) is 0 Å². The second-order valence-corrected chi connectivity index (χ2v) is 3.90. The molecule has 6 heteroatoms. The lowest BCUT2D eigenvalue weighted by Crippen LogP contribution is -2.26. The maximum absolute atomic E-state index is 11.3. The molecule has 0 N–H and O–H groups in total. The van der Waals surface area contributed by atoms with Crippen LogP contribution in [-0.2, 0) is 19.1 Å². The highest BCUT2D eigenvalue weighted by molar-refractivity contribution is 6.31. The number of ether oxygens (including phenoxy) is 3. The van der Waals surface area contributed by atoms with Gasteiger partial charge < -0.3 is 14.2 Å². The average molecular weight is 280 g/mol. The van der Waals surface area contributed by atoms with Crippen LogP contribution in [0.3, 0.4) is 0 Å². The highest BCUT2D eigenvalue weighted by Crippen LogP contribution is 2.08. The fraction of sp³-hybridized carbons (Fsp3) is 0.357. The minimum atomic E-state index is -1.41. The van der Waals surface area contributed by atoms with Gasteiger partial charge in [0.1, 0.15) is 5.75 Å². The molecule has 0 bridgehead atoms. The van der Waals surface area contributed by atoms with Crippen LogP contribution in [0.1, 0.15) is 26.2 Å². The van der Waals surface area contributed by atoms with Gasteiger partial charge in [0.15, 0.2) is 0 Å². The summed E-state index contributed by atoms with van der Waals surface area (Å²) in [5.74, 6) is -2.50. The van der Waals surface area contributed by atoms with Gasteiger partial charge in [-0.25, -0.2) is 14.4 Å². The van der Waals surface area contributed by atoms with Gasteiger partial charge in [-0.3, -0.25) is 0 Å². The van der Waals surface area contributed by atoms with E-state index in [-0.39, 0.29) is 12.4 Å². The third kappa shape index (κ3) is 5.99. The summed E-state index contributed by atoms with van der Waals surface area (Å²) in [5, 5.41) is 0. The Kier molecular flexibility index (Phi) is 6.81. The largest absolute Gasteiger partial charge is 0.516 e. The van der Waals surface area contributed by atoms with Gasteiger partial charge in [0, 0.05) is 0 Å². The molecule has 0 unspecified atom stereocenters. The first-order valence-electron chi connectivity index (χ1n) is 6.29. The third-order valence-corrected chi connectivity index (χ3v) is 2.26. The van der Waals surface area contributed by atoms with Crippen molar-refractivity contribution in [1.29, 1.82) is 0 Å². The smallest absolute Gasteiger partial charge is 0.434 e. The van der Waals surface area contributed by atoms with E-state index in [1.54, 1.807) is 18.2 Å². The number of para-hydroxylation sites is 1. The van der Waals surface area contributed by atoms with Crippen molar-refractivity contribution < 1.29 is 28.6 Å². The predicted octanol–water partition coefficient (Wildman–Crippen LogP) is 2.46. The molecule has 0 radical (unpaired) electrons. The lowest BCUT2D eigenvalue weighted by atomic mass is 10.3. The van der Waals surface area contributed by atoms with Crippen LogP contribution >= 0.6 is 0 Å². The molecule has 0 aliphatic heterocycles. The van der Waals surface area contributed by atoms with Crippen molar-refractivity contribution in [3.05, 3.63) is 30.3 Å². The number of hydrogen-bond acceptors (Lipinski definition) is 6. The van der Waals surface area contributed by atoms with E-state index >= 15 is 0 Å². The molecular weight excluding hydrogens is 264 g/mol. The van der Waals surface area contributed by atoms with E-state index in [0.29, 0.717) is 6.42 Å². The first-order valence-corrected chi connectivity index (χ1v) is 6.29. The number of esters is 2. The molecule has 0 aliphatic carbocycles. The maximum atomic E-state index is 11.3. The summed E-state index contributed by atoms with van der Waals surface area (Å²) in [6, 6.07) is 7.98. The molecule has 0 fully saturated rings. The lowest BCUT2D eigenvalue weighted by molar-refractivity contribution is -0.159. The summed E-state index contributed by atoms with van der Waals surface area (Å²) in [5.41, 5.74) is 0. The monoisotopic (exact) mass is 280 g/mol. The molecule has 0 spiro atoms. The Morgan fingerprint density at radius 2 is 1.70 bits per heavy atom. The minimum Gasteiger partial charge on any atom is -0.434 e. The molecule has 0 amide bonds. The van der Waals surface area contributed by atoms with Crippen LogP contribution < -0.4 is 4.74 Å². The molecule has 1 aromatic carbocycles. The maximum Gasteiger partial charge on any atom is 0.516 e. The molecule has 0 heterocycles. The molecule has 0 saturated heterocycles. The lowest BCUT2D eigenvalue weighted by Gasteiger charge is -2.04. The fourth-order valence-electron chi connectivity index (χ4n) is 1.29. The summed E-state index contributed by atoms with van der Waals surface area (Å²) in [4.78, 5) is 33.7. The SMILES string of the molecule is CCCCCOC(=O)OC(=O)C(=O)Oc1ccccc1. The molecule has 20 heavy (non-hydrogen) atoms. The summed E-state index contributed by atoms with van der Waals surface area (Å²) in [7, 11) is 0. The van der Waals surface area contributed by atoms with E-state index in [2.05, 4.69) is 9.47 Å². The van der Waals surface area contributed by atoms with E-state index in [1.165, 1.54) is 12.1 Å². The standard InChI is InChI=1S/C14H16O6/c1-2-3-7-10-18-14(17)20-13(16)12(15)19-11-8-5-4-6-9-11/h4-6,8-9H,2-3,7,10H2,1H3. The molecule has 6 nitrogen and oxygen atoms in total. The summed E-state index contributed by atoms with van der Waals surface area (Å²) >= 11 is 0. The first kappa shape index (κ1) is 15.7. The Hall–Kier alpha value is -2.37. The van der Waals surface area contributed by atoms with Gasteiger partial charge in [-0.15, -0.1) is 0 Å². The molecule has 0 saturated carbocycles. The van der Waals surface area contributed by atoms with Crippen molar-refractivity contribution in [3.63, 3.8) is 0 Å². The molecule has 1 rings (SSSR count). The third-order valence-electron chi connectivity index (χ3n) is 2.26. The van der Waals surface area contributed by atoms with E-state index < -0.39 is 18.1 Å². The second-order valence-electron chi connectivity index (χ2n) is 3.90.